The summed E-state index contributed by atoms with van der Waals surface area (Å²) in [6, 6.07) is 0.571. The molecule has 0 spiro atoms. The average Bonchev–Trinajstić information content (AvgIpc) is 2.29. The fraction of sp³-hybridized carbons (Fsp3) is 1.00. The molecule has 1 saturated heterocycles. The first-order valence-corrected chi connectivity index (χ1v) is 6.27. The Balaban J connectivity index is 2.26. The van der Waals surface area contributed by atoms with Crippen LogP contribution in [-0.4, -0.2) is 39.0 Å². The predicted octanol–water partition coefficient (Wildman–Crippen LogP) is 1.82. The number of hydrogen-bond donors (Lipinski definition) is 1. The maximum atomic E-state index is 5.53. The van der Waals surface area contributed by atoms with E-state index in [0.717, 1.165) is 39.4 Å². The van der Waals surface area contributed by atoms with Crippen molar-refractivity contribution in [3.63, 3.8) is 0 Å². The Morgan fingerprint density at radius 3 is 2.93 bits per heavy atom. The van der Waals surface area contributed by atoms with E-state index in [1.54, 1.807) is 0 Å². The second-order valence-corrected chi connectivity index (χ2v) is 4.13. The summed E-state index contributed by atoms with van der Waals surface area (Å²) >= 11 is 0. The molecule has 3 heteroatoms. The molecule has 0 saturated carbocycles. The van der Waals surface area contributed by atoms with E-state index in [-0.39, 0.29) is 0 Å². The molecule has 1 heterocycles. The average molecular weight is 215 g/mol. The Kier molecular flexibility index (Phi) is 6.98. The van der Waals surface area contributed by atoms with Crippen LogP contribution in [0.2, 0.25) is 0 Å². The summed E-state index contributed by atoms with van der Waals surface area (Å²) in [6.07, 6.45) is 3.61. The number of rotatable bonds is 7. The Hall–Kier alpha value is -0.120. The van der Waals surface area contributed by atoms with E-state index in [0.29, 0.717) is 12.0 Å². The zero-order valence-corrected chi connectivity index (χ0v) is 10.1. The second kappa shape index (κ2) is 8.08. The number of ether oxygens (including phenoxy) is 2. The highest BCUT2D eigenvalue weighted by Crippen LogP contribution is 2.19. The van der Waals surface area contributed by atoms with Gasteiger partial charge in [0.2, 0.25) is 0 Å². The summed E-state index contributed by atoms with van der Waals surface area (Å²) in [7, 11) is 0. The molecule has 0 aromatic rings. The molecular formula is C12H25NO2. The fourth-order valence-corrected chi connectivity index (χ4v) is 2.20. The van der Waals surface area contributed by atoms with Crippen molar-refractivity contribution >= 4 is 0 Å². The lowest BCUT2D eigenvalue weighted by atomic mass is 9.92. The summed E-state index contributed by atoms with van der Waals surface area (Å²) in [5.41, 5.74) is 0. The maximum absolute atomic E-state index is 5.53. The van der Waals surface area contributed by atoms with Crippen molar-refractivity contribution in [2.24, 2.45) is 5.92 Å². The van der Waals surface area contributed by atoms with E-state index >= 15 is 0 Å². The van der Waals surface area contributed by atoms with Crippen LogP contribution in [0.4, 0.5) is 0 Å². The number of nitrogens with one attached hydrogen (secondary N) is 1. The molecule has 1 N–H and O–H groups in total. The summed E-state index contributed by atoms with van der Waals surface area (Å²) in [6.45, 7) is 8.80. The lowest BCUT2D eigenvalue weighted by Crippen LogP contribution is -2.40. The van der Waals surface area contributed by atoms with Gasteiger partial charge in [-0.3, -0.25) is 0 Å². The van der Waals surface area contributed by atoms with Crippen LogP contribution in [0.15, 0.2) is 0 Å². The Morgan fingerprint density at radius 2 is 2.33 bits per heavy atom. The largest absolute Gasteiger partial charge is 0.382 e. The van der Waals surface area contributed by atoms with Gasteiger partial charge in [-0.1, -0.05) is 6.92 Å². The van der Waals surface area contributed by atoms with Gasteiger partial charge in [-0.15, -0.1) is 0 Å². The molecule has 2 atom stereocenters. The molecular weight excluding hydrogens is 190 g/mol. The van der Waals surface area contributed by atoms with Crippen LogP contribution in [0.25, 0.3) is 0 Å². The van der Waals surface area contributed by atoms with Crippen LogP contribution in [0.5, 0.6) is 0 Å². The first-order chi connectivity index (χ1) is 7.38. The quantitative estimate of drug-likeness (QED) is 0.657. The van der Waals surface area contributed by atoms with E-state index in [2.05, 4.69) is 12.2 Å². The fourth-order valence-electron chi connectivity index (χ4n) is 2.20. The van der Waals surface area contributed by atoms with Crippen molar-refractivity contribution in [3.8, 4) is 0 Å². The van der Waals surface area contributed by atoms with Gasteiger partial charge in [0.1, 0.15) is 0 Å². The maximum Gasteiger partial charge on any atom is 0.0509 e. The Labute approximate surface area is 93.5 Å². The Morgan fingerprint density at radius 1 is 1.47 bits per heavy atom. The minimum absolute atomic E-state index is 0.571. The van der Waals surface area contributed by atoms with Crippen LogP contribution >= 0.6 is 0 Å². The van der Waals surface area contributed by atoms with Gasteiger partial charge < -0.3 is 14.8 Å². The first kappa shape index (κ1) is 12.9. The van der Waals surface area contributed by atoms with Gasteiger partial charge in [0.25, 0.3) is 0 Å². The zero-order valence-electron chi connectivity index (χ0n) is 10.1. The van der Waals surface area contributed by atoms with Crippen molar-refractivity contribution in [1.82, 2.24) is 5.32 Å². The molecule has 0 aliphatic carbocycles. The molecule has 1 rings (SSSR count). The van der Waals surface area contributed by atoms with Gasteiger partial charge in [0.05, 0.1) is 6.61 Å². The third-order valence-electron chi connectivity index (χ3n) is 3.01. The molecule has 0 aromatic heterocycles. The monoisotopic (exact) mass is 215 g/mol. The molecule has 0 aromatic carbocycles. The number of hydrogen-bond acceptors (Lipinski definition) is 3. The summed E-state index contributed by atoms with van der Waals surface area (Å²) < 4.78 is 11.0. The molecule has 0 bridgehead atoms. The zero-order chi connectivity index (χ0) is 10.9. The molecule has 15 heavy (non-hydrogen) atoms. The van der Waals surface area contributed by atoms with Crippen molar-refractivity contribution in [3.05, 3.63) is 0 Å². The van der Waals surface area contributed by atoms with Crippen LogP contribution < -0.4 is 5.32 Å². The smallest absolute Gasteiger partial charge is 0.0509 e. The normalized spacial score (nSPS) is 24.0. The van der Waals surface area contributed by atoms with Crippen LogP contribution in [0.3, 0.4) is 0 Å². The highest BCUT2D eigenvalue weighted by Gasteiger charge is 2.22. The van der Waals surface area contributed by atoms with Gasteiger partial charge in [0.15, 0.2) is 0 Å². The van der Waals surface area contributed by atoms with Gasteiger partial charge in [-0.25, -0.2) is 0 Å². The molecule has 0 radical (unpaired) electrons. The van der Waals surface area contributed by atoms with Crippen molar-refractivity contribution < 1.29 is 9.47 Å². The highest BCUT2D eigenvalue weighted by atomic mass is 16.5. The molecule has 90 valence electrons. The topological polar surface area (TPSA) is 30.5 Å². The Bertz CT molecular complexity index is 147. The van der Waals surface area contributed by atoms with Gasteiger partial charge in [-0.2, -0.15) is 0 Å². The van der Waals surface area contributed by atoms with Crippen LogP contribution in [-0.2, 0) is 9.47 Å². The predicted molar refractivity (Wildman–Crippen MR) is 62.1 cm³/mol. The molecule has 2 unspecified atom stereocenters. The van der Waals surface area contributed by atoms with E-state index in [1.807, 2.05) is 6.92 Å². The molecule has 3 nitrogen and oxygen atoms in total. The standard InChI is InChI=1S/C12H25NO2/c1-3-13-12(7-9-14-4-2)11-6-5-8-15-10-11/h11-13H,3-10H2,1-2H3. The molecule has 1 aliphatic heterocycles. The van der Waals surface area contributed by atoms with Gasteiger partial charge in [-0.05, 0) is 38.6 Å². The van der Waals surface area contributed by atoms with E-state index in [9.17, 15) is 0 Å². The minimum Gasteiger partial charge on any atom is -0.382 e. The lowest BCUT2D eigenvalue weighted by molar-refractivity contribution is 0.0316. The van der Waals surface area contributed by atoms with E-state index in [4.69, 9.17) is 9.47 Å². The highest BCUT2D eigenvalue weighted by molar-refractivity contribution is 4.78. The van der Waals surface area contributed by atoms with Crippen molar-refractivity contribution in [2.45, 2.75) is 39.2 Å². The summed E-state index contributed by atoms with van der Waals surface area (Å²) in [4.78, 5) is 0. The van der Waals surface area contributed by atoms with Gasteiger partial charge in [0, 0.05) is 25.9 Å². The molecule has 0 amide bonds. The lowest BCUT2D eigenvalue weighted by Gasteiger charge is -2.30. The SMILES string of the molecule is CCNC(CCOCC)C1CCCOC1. The minimum atomic E-state index is 0.571. The van der Waals surface area contributed by atoms with E-state index < -0.39 is 0 Å². The molecule has 1 fully saturated rings. The first-order valence-electron chi connectivity index (χ1n) is 6.27. The van der Waals surface area contributed by atoms with Crippen LogP contribution in [0, 0.1) is 5.92 Å². The third-order valence-corrected chi connectivity index (χ3v) is 3.01. The van der Waals surface area contributed by atoms with E-state index in [1.165, 1.54) is 12.8 Å². The second-order valence-electron chi connectivity index (χ2n) is 4.13. The third kappa shape index (κ3) is 4.96. The van der Waals surface area contributed by atoms with Crippen molar-refractivity contribution in [2.75, 3.05) is 33.0 Å². The molecule has 1 aliphatic rings. The van der Waals surface area contributed by atoms with Crippen molar-refractivity contribution in [1.29, 1.82) is 0 Å². The summed E-state index contributed by atoms with van der Waals surface area (Å²) in [5.74, 6) is 0.680. The van der Waals surface area contributed by atoms with Crippen LogP contribution in [0.1, 0.15) is 33.1 Å². The summed E-state index contributed by atoms with van der Waals surface area (Å²) in [5, 5.41) is 3.55. The van der Waals surface area contributed by atoms with Gasteiger partial charge >= 0.3 is 0 Å².